The Balaban J connectivity index is 2.02. The number of rotatable bonds is 4. The molecule has 1 aliphatic heterocycles. The lowest BCUT2D eigenvalue weighted by Crippen LogP contribution is -2.45. The van der Waals surface area contributed by atoms with Crippen LogP contribution in [-0.4, -0.2) is 61.6 Å². The fraction of sp³-hybridized carbons (Fsp3) is 1.00. The highest BCUT2D eigenvalue weighted by molar-refractivity contribution is 7.80. The minimum atomic E-state index is 0.0625. The van der Waals surface area contributed by atoms with Crippen molar-refractivity contribution in [3.05, 3.63) is 0 Å². The highest BCUT2D eigenvalue weighted by Crippen LogP contribution is 2.00. The van der Waals surface area contributed by atoms with E-state index in [0.717, 1.165) is 13.2 Å². The largest absolute Gasteiger partial charge is 0.367 e. The predicted molar refractivity (Wildman–Crippen MR) is 58.3 cm³/mol. The zero-order chi connectivity index (χ0) is 9.68. The van der Waals surface area contributed by atoms with Crippen molar-refractivity contribution < 1.29 is 4.74 Å². The summed E-state index contributed by atoms with van der Waals surface area (Å²) in [5.41, 5.74) is 0.0625. The Morgan fingerprint density at radius 2 is 1.92 bits per heavy atom. The maximum atomic E-state index is 5.38. The molecule has 1 unspecified atom stereocenters. The van der Waals surface area contributed by atoms with Gasteiger partial charge in [-0.2, -0.15) is 0 Å². The highest BCUT2D eigenvalue weighted by atomic mass is 32.1. The molecule has 0 aliphatic carbocycles. The standard InChI is InChI=1S/C9H20N2OS/c1-9(13)12-8-7-11-5-3-10(2)4-6-11/h9,13H,3-8H2,1-2H3. The van der Waals surface area contributed by atoms with Crippen LogP contribution in [0, 0.1) is 0 Å². The van der Waals surface area contributed by atoms with E-state index in [-0.39, 0.29) is 5.44 Å². The second-order valence-corrected chi connectivity index (χ2v) is 4.34. The van der Waals surface area contributed by atoms with Crippen LogP contribution in [0.25, 0.3) is 0 Å². The van der Waals surface area contributed by atoms with Gasteiger partial charge in [0, 0.05) is 32.7 Å². The Bertz CT molecular complexity index is 136. The Hall–Kier alpha value is 0.230. The maximum absolute atomic E-state index is 5.38. The van der Waals surface area contributed by atoms with E-state index in [4.69, 9.17) is 4.74 Å². The van der Waals surface area contributed by atoms with Gasteiger partial charge in [0.1, 0.15) is 0 Å². The molecule has 4 heteroatoms. The van der Waals surface area contributed by atoms with Crippen LogP contribution in [0.1, 0.15) is 6.92 Å². The Morgan fingerprint density at radius 1 is 1.31 bits per heavy atom. The molecule has 1 rings (SSSR count). The molecule has 0 N–H and O–H groups in total. The summed E-state index contributed by atoms with van der Waals surface area (Å²) in [6, 6.07) is 0. The van der Waals surface area contributed by atoms with Gasteiger partial charge in [0.25, 0.3) is 0 Å². The van der Waals surface area contributed by atoms with Crippen molar-refractivity contribution in [3.8, 4) is 0 Å². The van der Waals surface area contributed by atoms with Crippen LogP contribution in [-0.2, 0) is 4.74 Å². The zero-order valence-corrected chi connectivity index (χ0v) is 9.46. The van der Waals surface area contributed by atoms with Gasteiger partial charge >= 0.3 is 0 Å². The molecule has 0 spiro atoms. The van der Waals surface area contributed by atoms with Crippen molar-refractivity contribution in [2.24, 2.45) is 0 Å². The van der Waals surface area contributed by atoms with E-state index in [9.17, 15) is 0 Å². The minimum absolute atomic E-state index is 0.0625. The molecule has 0 aromatic rings. The molecule has 0 amide bonds. The third-order valence-electron chi connectivity index (χ3n) is 2.36. The van der Waals surface area contributed by atoms with Gasteiger partial charge in [-0.3, -0.25) is 4.90 Å². The third-order valence-corrected chi connectivity index (χ3v) is 2.51. The van der Waals surface area contributed by atoms with Gasteiger partial charge in [-0.25, -0.2) is 0 Å². The summed E-state index contributed by atoms with van der Waals surface area (Å²) in [4.78, 5) is 4.80. The summed E-state index contributed by atoms with van der Waals surface area (Å²) >= 11 is 4.16. The Morgan fingerprint density at radius 3 is 2.46 bits per heavy atom. The van der Waals surface area contributed by atoms with Crippen LogP contribution in [0.15, 0.2) is 0 Å². The van der Waals surface area contributed by atoms with Crippen molar-refractivity contribution in [1.29, 1.82) is 0 Å². The van der Waals surface area contributed by atoms with Crippen molar-refractivity contribution in [2.45, 2.75) is 12.4 Å². The lowest BCUT2D eigenvalue weighted by molar-refractivity contribution is 0.0767. The molecule has 1 fully saturated rings. The van der Waals surface area contributed by atoms with Gasteiger partial charge in [-0.1, -0.05) is 0 Å². The SMILES string of the molecule is CC(S)OCCN1CCN(C)CC1. The second-order valence-electron chi connectivity index (χ2n) is 3.62. The summed E-state index contributed by atoms with van der Waals surface area (Å²) in [5.74, 6) is 0. The molecule has 3 nitrogen and oxygen atoms in total. The van der Waals surface area contributed by atoms with E-state index in [0.29, 0.717) is 0 Å². The lowest BCUT2D eigenvalue weighted by atomic mass is 10.3. The Labute approximate surface area is 86.4 Å². The normalized spacial score (nSPS) is 23.3. The average Bonchev–Trinajstić information content (AvgIpc) is 2.08. The van der Waals surface area contributed by atoms with E-state index in [1.54, 1.807) is 0 Å². The number of nitrogens with zero attached hydrogens (tertiary/aromatic N) is 2. The molecule has 1 aliphatic rings. The monoisotopic (exact) mass is 204 g/mol. The van der Waals surface area contributed by atoms with Gasteiger partial charge in [0.2, 0.25) is 0 Å². The smallest absolute Gasteiger partial charge is 0.0972 e. The fourth-order valence-corrected chi connectivity index (χ4v) is 1.53. The van der Waals surface area contributed by atoms with Gasteiger partial charge in [0.05, 0.1) is 12.0 Å². The first kappa shape index (κ1) is 11.3. The molecular weight excluding hydrogens is 184 g/mol. The molecule has 78 valence electrons. The van der Waals surface area contributed by atoms with Crippen LogP contribution in [0.3, 0.4) is 0 Å². The van der Waals surface area contributed by atoms with Gasteiger partial charge < -0.3 is 9.64 Å². The minimum Gasteiger partial charge on any atom is -0.367 e. The summed E-state index contributed by atoms with van der Waals surface area (Å²) in [6.07, 6.45) is 0. The average molecular weight is 204 g/mol. The summed E-state index contributed by atoms with van der Waals surface area (Å²) in [5, 5.41) is 0. The quantitative estimate of drug-likeness (QED) is 0.531. The molecule has 1 heterocycles. The van der Waals surface area contributed by atoms with Crippen molar-refractivity contribution >= 4 is 12.6 Å². The lowest BCUT2D eigenvalue weighted by Gasteiger charge is -2.32. The Kier molecular flexibility index (Phi) is 5.09. The molecule has 0 aromatic heterocycles. The molecular formula is C9H20N2OS. The number of likely N-dealkylation sites (N-methyl/N-ethyl adjacent to an activating group) is 1. The molecule has 1 saturated heterocycles. The molecule has 0 bridgehead atoms. The predicted octanol–water partition coefficient (Wildman–Crippen LogP) is 0.526. The van der Waals surface area contributed by atoms with Crippen molar-refractivity contribution in [3.63, 3.8) is 0 Å². The van der Waals surface area contributed by atoms with E-state index in [2.05, 4.69) is 29.5 Å². The van der Waals surface area contributed by atoms with Crippen molar-refractivity contribution in [2.75, 3.05) is 46.4 Å². The van der Waals surface area contributed by atoms with Crippen molar-refractivity contribution in [1.82, 2.24) is 9.80 Å². The van der Waals surface area contributed by atoms with Gasteiger partial charge in [-0.15, -0.1) is 12.6 Å². The van der Waals surface area contributed by atoms with Crippen LogP contribution in [0.2, 0.25) is 0 Å². The molecule has 0 aromatic carbocycles. The molecule has 0 radical (unpaired) electrons. The maximum Gasteiger partial charge on any atom is 0.0972 e. The van der Waals surface area contributed by atoms with Crippen LogP contribution >= 0.6 is 12.6 Å². The zero-order valence-electron chi connectivity index (χ0n) is 8.57. The third kappa shape index (κ3) is 4.86. The van der Waals surface area contributed by atoms with Gasteiger partial charge in [0.15, 0.2) is 0 Å². The van der Waals surface area contributed by atoms with Crippen LogP contribution < -0.4 is 0 Å². The first-order valence-electron chi connectivity index (χ1n) is 4.89. The first-order valence-corrected chi connectivity index (χ1v) is 5.40. The van der Waals surface area contributed by atoms with Gasteiger partial charge in [-0.05, 0) is 14.0 Å². The summed E-state index contributed by atoms with van der Waals surface area (Å²) in [6.45, 7) is 8.48. The van der Waals surface area contributed by atoms with Crippen LogP contribution in [0.4, 0.5) is 0 Å². The summed E-state index contributed by atoms with van der Waals surface area (Å²) in [7, 11) is 2.17. The number of ether oxygens (including phenoxy) is 1. The highest BCUT2D eigenvalue weighted by Gasteiger charge is 2.12. The number of hydrogen-bond acceptors (Lipinski definition) is 4. The van der Waals surface area contributed by atoms with Crippen LogP contribution in [0.5, 0.6) is 0 Å². The van der Waals surface area contributed by atoms with E-state index >= 15 is 0 Å². The van der Waals surface area contributed by atoms with E-state index < -0.39 is 0 Å². The first-order chi connectivity index (χ1) is 6.18. The molecule has 0 saturated carbocycles. The second kappa shape index (κ2) is 5.86. The van der Waals surface area contributed by atoms with E-state index in [1.165, 1.54) is 26.2 Å². The number of piperazine rings is 1. The number of thiol groups is 1. The fourth-order valence-electron chi connectivity index (χ4n) is 1.42. The molecule has 1 atom stereocenters. The molecule has 13 heavy (non-hydrogen) atoms. The van der Waals surface area contributed by atoms with E-state index in [1.807, 2.05) is 6.92 Å². The summed E-state index contributed by atoms with van der Waals surface area (Å²) < 4.78 is 5.38. The number of hydrogen-bond donors (Lipinski definition) is 1. The topological polar surface area (TPSA) is 15.7 Å².